The van der Waals surface area contributed by atoms with E-state index in [4.69, 9.17) is 4.84 Å². The van der Waals surface area contributed by atoms with Crippen LogP contribution in [0.3, 0.4) is 0 Å². The normalized spacial score (nSPS) is 16.1. The van der Waals surface area contributed by atoms with E-state index in [-0.39, 0.29) is 5.91 Å². The molecule has 0 spiro atoms. The van der Waals surface area contributed by atoms with Gasteiger partial charge in [0, 0.05) is 53.6 Å². The van der Waals surface area contributed by atoms with E-state index in [0.717, 1.165) is 5.56 Å². The molecule has 0 fully saturated rings. The number of oxime groups is 2. The van der Waals surface area contributed by atoms with E-state index in [0.29, 0.717) is 34.7 Å². The van der Waals surface area contributed by atoms with Gasteiger partial charge in [-0.25, -0.2) is 0 Å². The Morgan fingerprint density at radius 3 is 2.45 bits per heavy atom. The van der Waals surface area contributed by atoms with Gasteiger partial charge >= 0.3 is 0 Å². The lowest BCUT2D eigenvalue weighted by atomic mass is 10.0. The van der Waals surface area contributed by atoms with Crippen LogP contribution in [0.25, 0.3) is 0 Å². The first-order valence-corrected chi connectivity index (χ1v) is 8.91. The number of carbonyl (C=O) groups is 1. The second-order valence-electron chi connectivity index (χ2n) is 6.33. The number of rotatable bonds is 5. The van der Waals surface area contributed by atoms with Crippen molar-refractivity contribution in [3.05, 3.63) is 90.0 Å². The maximum atomic E-state index is 12.5. The summed E-state index contributed by atoms with van der Waals surface area (Å²) in [6, 6.07) is 14.2. The van der Waals surface area contributed by atoms with Crippen LogP contribution in [-0.4, -0.2) is 38.6 Å². The molecule has 0 saturated carbocycles. The molecule has 1 aliphatic heterocycles. The molecule has 8 heteroatoms. The van der Waals surface area contributed by atoms with Crippen molar-refractivity contribution >= 4 is 23.0 Å². The first kappa shape index (κ1) is 18.3. The number of carbonyl (C=O) groups excluding carboxylic acids is 1. The molecular weight excluding hydrogens is 370 g/mol. The second kappa shape index (κ2) is 8.30. The Kier molecular flexibility index (Phi) is 5.24. The van der Waals surface area contributed by atoms with E-state index in [9.17, 15) is 10.0 Å². The lowest BCUT2D eigenvalue weighted by Crippen LogP contribution is -2.28. The first-order chi connectivity index (χ1) is 14.2. The molecule has 1 amide bonds. The van der Waals surface area contributed by atoms with Crippen molar-refractivity contribution in [3.8, 4) is 0 Å². The standard InChI is InChI=1S/C21H17N5O3/c27-21(19-11-18(26-29-19)15-3-1-9-22-12-15)24-17-7-5-14(6-8-17)20(25-28)16-4-2-10-23-13-16/h1-10,12-13,19,28H,11H2,(H,24,27)/b25-20-. The molecular formula is C21H17N5O3. The van der Waals surface area contributed by atoms with Gasteiger partial charge in [0.05, 0.1) is 5.71 Å². The van der Waals surface area contributed by atoms with Crippen molar-refractivity contribution < 1.29 is 14.8 Å². The summed E-state index contributed by atoms with van der Waals surface area (Å²) in [5, 5.41) is 19.5. The third-order valence-corrected chi connectivity index (χ3v) is 4.42. The van der Waals surface area contributed by atoms with E-state index in [1.54, 1.807) is 61.2 Å². The number of pyridine rings is 2. The Morgan fingerprint density at radius 1 is 1.03 bits per heavy atom. The molecule has 1 atom stereocenters. The number of nitrogens with one attached hydrogen (secondary N) is 1. The van der Waals surface area contributed by atoms with Gasteiger partial charge in [0.1, 0.15) is 5.71 Å². The minimum Gasteiger partial charge on any atom is -0.410 e. The number of hydrogen-bond acceptors (Lipinski definition) is 7. The summed E-state index contributed by atoms with van der Waals surface area (Å²) >= 11 is 0. The largest absolute Gasteiger partial charge is 0.410 e. The molecule has 0 radical (unpaired) electrons. The molecule has 1 aromatic carbocycles. The summed E-state index contributed by atoms with van der Waals surface area (Å²) in [7, 11) is 0. The lowest BCUT2D eigenvalue weighted by Gasteiger charge is -2.10. The van der Waals surface area contributed by atoms with Crippen molar-refractivity contribution in [3.63, 3.8) is 0 Å². The third-order valence-electron chi connectivity index (χ3n) is 4.42. The molecule has 2 N–H and O–H groups in total. The van der Waals surface area contributed by atoms with Gasteiger partial charge in [-0.05, 0) is 36.4 Å². The highest BCUT2D eigenvalue weighted by Gasteiger charge is 2.29. The van der Waals surface area contributed by atoms with E-state index >= 15 is 0 Å². The van der Waals surface area contributed by atoms with Gasteiger partial charge in [-0.1, -0.05) is 22.4 Å². The van der Waals surface area contributed by atoms with Crippen LogP contribution >= 0.6 is 0 Å². The van der Waals surface area contributed by atoms with Gasteiger partial charge in [-0.2, -0.15) is 0 Å². The zero-order chi connectivity index (χ0) is 20.1. The molecule has 3 aromatic rings. The molecule has 8 nitrogen and oxygen atoms in total. The Balaban J connectivity index is 1.40. The van der Waals surface area contributed by atoms with E-state index in [2.05, 4.69) is 25.6 Å². The van der Waals surface area contributed by atoms with Crippen LogP contribution in [-0.2, 0) is 9.63 Å². The van der Waals surface area contributed by atoms with Gasteiger partial charge < -0.3 is 15.4 Å². The minimum atomic E-state index is -0.699. The zero-order valence-electron chi connectivity index (χ0n) is 15.3. The SMILES string of the molecule is O=C(Nc1ccc(/C(=N/O)c2cccnc2)cc1)C1CC(c2cccnc2)=NO1. The van der Waals surface area contributed by atoms with Crippen molar-refractivity contribution in [2.45, 2.75) is 12.5 Å². The van der Waals surface area contributed by atoms with Crippen molar-refractivity contribution in [2.24, 2.45) is 10.3 Å². The van der Waals surface area contributed by atoms with Crippen molar-refractivity contribution in [1.82, 2.24) is 9.97 Å². The molecule has 1 unspecified atom stereocenters. The molecule has 1 aliphatic rings. The summed E-state index contributed by atoms with van der Waals surface area (Å²) in [6.07, 6.45) is 6.29. The molecule has 2 aromatic heterocycles. The summed E-state index contributed by atoms with van der Waals surface area (Å²) in [5.74, 6) is -0.288. The molecule has 29 heavy (non-hydrogen) atoms. The smallest absolute Gasteiger partial charge is 0.268 e. The lowest BCUT2D eigenvalue weighted by molar-refractivity contribution is -0.125. The van der Waals surface area contributed by atoms with Gasteiger partial charge in [0.15, 0.2) is 0 Å². The molecule has 144 valence electrons. The first-order valence-electron chi connectivity index (χ1n) is 8.91. The predicted octanol–water partition coefficient (Wildman–Crippen LogP) is 2.83. The number of amides is 1. The molecule has 4 rings (SSSR count). The quantitative estimate of drug-likeness (QED) is 0.397. The van der Waals surface area contributed by atoms with E-state index < -0.39 is 6.10 Å². The highest BCUT2D eigenvalue weighted by molar-refractivity contribution is 6.12. The molecule has 3 heterocycles. The Morgan fingerprint density at radius 2 is 1.79 bits per heavy atom. The highest BCUT2D eigenvalue weighted by Crippen LogP contribution is 2.19. The number of nitrogens with zero attached hydrogens (tertiary/aromatic N) is 4. The summed E-state index contributed by atoms with van der Waals surface area (Å²) in [6.45, 7) is 0. The number of aromatic nitrogens is 2. The fourth-order valence-electron chi connectivity index (χ4n) is 2.94. The average Bonchev–Trinajstić information content (AvgIpc) is 3.27. The maximum absolute atomic E-state index is 12.5. The monoisotopic (exact) mass is 387 g/mol. The van der Waals surface area contributed by atoms with E-state index in [1.165, 1.54) is 0 Å². The number of anilines is 1. The second-order valence-corrected chi connectivity index (χ2v) is 6.33. The third kappa shape index (κ3) is 4.11. The Labute approximate surface area is 166 Å². The fourth-order valence-corrected chi connectivity index (χ4v) is 2.94. The topological polar surface area (TPSA) is 109 Å². The van der Waals surface area contributed by atoms with Crippen LogP contribution in [0.5, 0.6) is 0 Å². The Bertz CT molecular complexity index is 1050. The van der Waals surface area contributed by atoms with Crippen LogP contribution in [0.2, 0.25) is 0 Å². The molecule has 0 bridgehead atoms. The fraction of sp³-hybridized carbons (Fsp3) is 0.0952. The van der Waals surface area contributed by atoms with Crippen molar-refractivity contribution in [1.29, 1.82) is 0 Å². The van der Waals surface area contributed by atoms with Gasteiger partial charge in [0.25, 0.3) is 5.91 Å². The summed E-state index contributed by atoms with van der Waals surface area (Å²) in [4.78, 5) is 25.9. The molecule has 0 aliphatic carbocycles. The van der Waals surface area contributed by atoms with Crippen molar-refractivity contribution in [2.75, 3.05) is 5.32 Å². The summed E-state index contributed by atoms with van der Waals surface area (Å²) in [5.41, 5.74) is 3.89. The number of hydrogen-bond donors (Lipinski definition) is 2. The minimum absolute atomic E-state index is 0.288. The van der Waals surface area contributed by atoms with Crippen LogP contribution in [0.15, 0.2) is 83.6 Å². The molecule has 0 saturated heterocycles. The van der Waals surface area contributed by atoms with Gasteiger partial charge in [-0.15, -0.1) is 0 Å². The van der Waals surface area contributed by atoms with Crippen LogP contribution in [0.1, 0.15) is 23.1 Å². The van der Waals surface area contributed by atoms with Gasteiger partial charge in [-0.3, -0.25) is 14.8 Å². The maximum Gasteiger partial charge on any atom is 0.268 e. The predicted molar refractivity (Wildman–Crippen MR) is 107 cm³/mol. The highest BCUT2D eigenvalue weighted by atomic mass is 16.6. The van der Waals surface area contributed by atoms with E-state index in [1.807, 2.05) is 12.1 Å². The Hall–Kier alpha value is -4.07. The zero-order valence-corrected chi connectivity index (χ0v) is 15.3. The van der Waals surface area contributed by atoms with Gasteiger partial charge in [0.2, 0.25) is 6.10 Å². The average molecular weight is 387 g/mol. The van der Waals surface area contributed by atoms with Crippen LogP contribution in [0.4, 0.5) is 5.69 Å². The summed E-state index contributed by atoms with van der Waals surface area (Å²) < 4.78 is 0. The van der Waals surface area contributed by atoms with Crippen LogP contribution < -0.4 is 5.32 Å². The number of benzene rings is 1. The van der Waals surface area contributed by atoms with Crippen LogP contribution in [0, 0.1) is 0 Å².